The Labute approximate surface area is 98.9 Å². The first-order valence-electron chi connectivity index (χ1n) is 5.46. The molecule has 1 N–H and O–H groups in total. The summed E-state index contributed by atoms with van der Waals surface area (Å²) in [7, 11) is 0. The molecule has 0 aliphatic heterocycles. The van der Waals surface area contributed by atoms with Gasteiger partial charge in [0, 0.05) is 12.5 Å². The molecule has 0 aliphatic rings. The van der Waals surface area contributed by atoms with E-state index in [9.17, 15) is 0 Å². The molecule has 6 heteroatoms. The van der Waals surface area contributed by atoms with E-state index in [4.69, 9.17) is 9.47 Å². The van der Waals surface area contributed by atoms with E-state index in [1.165, 1.54) is 0 Å². The molecule has 0 saturated heterocycles. The average molecular weight is 234 g/mol. The highest BCUT2D eigenvalue weighted by Gasteiger charge is 2.00. The van der Waals surface area contributed by atoms with Gasteiger partial charge >= 0.3 is 0 Å². The third-order valence-corrected chi connectivity index (χ3v) is 2.10. The number of H-pyrrole nitrogens is 1. The van der Waals surface area contributed by atoms with Crippen molar-refractivity contribution in [2.24, 2.45) is 0 Å². The number of nitrogens with zero attached hydrogens (tertiary/aromatic N) is 3. The number of aromatic amines is 1. The van der Waals surface area contributed by atoms with Crippen molar-refractivity contribution in [3.05, 3.63) is 30.1 Å². The lowest BCUT2D eigenvalue weighted by Crippen LogP contribution is -2.03. The molecule has 0 bridgehead atoms. The Hall–Kier alpha value is -2.11. The van der Waals surface area contributed by atoms with Crippen LogP contribution in [-0.4, -0.2) is 33.8 Å². The van der Waals surface area contributed by atoms with Gasteiger partial charge in [0.1, 0.15) is 11.5 Å². The number of hydrogen-bond acceptors (Lipinski definition) is 5. The van der Waals surface area contributed by atoms with Crippen molar-refractivity contribution in [1.29, 1.82) is 0 Å². The summed E-state index contributed by atoms with van der Waals surface area (Å²) in [4.78, 5) is 0. The second-order valence-corrected chi connectivity index (χ2v) is 3.33. The standard InChI is InChI=1S/C11H14N4O2/c1-2-16-9-4-3-5-10(8-9)17-7-6-11-12-14-15-13-11/h3-5,8H,2,6-7H2,1H3,(H,12,13,14,15). The van der Waals surface area contributed by atoms with Gasteiger partial charge in [-0.05, 0) is 19.1 Å². The van der Waals surface area contributed by atoms with Gasteiger partial charge in [-0.1, -0.05) is 11.3 Å². The molecule has 0 atom stereocenters. The lowest BCUT2D eigenvalue weighted by atomic mass is 10.3. The van der Waals surface area contributed by atoms with Gasteiger partial charge in [-0.3, -0.25) is 0 Å². The van der Waals surface area contributed by atoms with Gasteiger partial charge < -0.3 is 9.47 Å². The summed E-state index contributed by atoms with van der Waals surface area (Å²) < 4.78 is 10.9. The molecule has 2 rings (SSSR count). The molecular formula is C11H14N4O2. The molecular weight excluding hydrogens is 220 g/mol. The predicted molar refractivity (Wildman–Crippen MR) is 61.0 cm³/mol. The topological polar surface area (TPSA) is 72.9 Å². The first kappa shape index (κ1) is 11.4. The summed E-state index contributed by atoms with van der Waals surface area (Å²) in [6.07, 6.45) is 0.620. The van der Waals surface area contributed by atoms with E-state index in [1.807, 2.05) is 31.2 Å². The zero-order chi connectivity index (χ0) is 11.9. The molecule has 2 aromatic rings. The minimum absolute atomic E-state index is 0.509. The number of benzene rings is 1. The van der Waals surface area contributed by atoms with E-state index in [0.29, 0.717) is 25.5 Å². The van der Waals surface area contributed by atoms with Gasteiger partial charge in [0.05, 0.1) is 13.2 Å². The van der Waals surface area contributed by atoms with Gasteiger partial charge in [0.15, 0.2) is 5.82 Å². The molecule has 1 aromatic heterocycles. The Morgan fingerprint density at radius 1 is 1.24 bits per heavy atom. The van der Waals surface area contributed by atoms with Crippen molar-refractivity contribution in [1.82, 2.24) is 20.6 Å². The molecule has 0 spiro atoms. The summed E-state index contributed by atoms with van der Waals surface area (Å²) in [6.45, 7) is 3.10. The number of rotatable bonds is 6. The van der Waals surface area contributed by atoms with E-state index in [-0.39, 0.29) is 0 Å². The molecule has 0 saturated carbocycles. The smallest absolute Gasteiger partial charge is 0.177 e. The Kier molecular flexibility index (Phi) is 3.90. The summed E-state index contributed by atoms with van der Waals surface area (Å²) in [5.41, 5.74) is 0. The maximum atomic E-state index is 5.56. The van der Waals surface area contributed by atoms with Crippen molar-refractivity contribution < 1.29 is 9.47 Å². The fourth-order valence-electron chi connectivity index (χ4n) is 1.37. The van der Waals surface area contributed by atoms with E-state index < -0.39 is 0 Å². The van der Waals surface area contributed by atoms with Gasteiger partial charge in [-0.2, -0.15) is 5.21 Å². The lowest BCUT2D eigenvalue weighted by Gasteiger charge is -2.07. The van der Waals surface area contributed by atoms with Crippen LogP contribution in [-0.2, 0) is 6.42 Å². The van der Waals surface area contributed by atoms with Gasteiger partial charge in [0.25, 0.3) is 0 Å². The van der Waals surface area contributed by atoms with Crippen LogP contribution in [0.2, 0.25) is 0 Å². The highest BCUT2D eigenvalue weighted by molar-refractivity contribution is 5.32. The van der Waals surface area contributed by atoms with Crippen LogP contribution in [0.15, 0.2) is 24.3 Å². The Morgan fingerprint density at radius 3 is 2.76 bits per heavy atom. The van der Waals surface area contributed by atoms with Crippen molar-refractivity contribution in [2.45, 2.75) is 13.3 Å². The molecule has 90 valence electrons. The van der Waals surface area contributed by atoms with Crippen molar-refractivity contribution in [3.63, 3.8) is 0 Å². The molecule has 0 fully saturated rings. The second kappa shape index (κ2) is 5.83. The highest BCUT2D eigenvalue weighted by atomic mass is 16.5. The van der Waals surface area contributed by atoms with Crippen molar-refractivity contribution >= 4 is 0 Å². The molecule has 1 heterocycles. The van der Waals surface area contributed by atoms with Crippen LogP contribution in [0, 0.1) is 0 Å². The Balaban J connectivity index is 1.84. The minimum Gasteiger partial charge on any atom is -0.494 e. The quantitative estimate of drug-likeness (QED) is 0.813. The number of ether oxygens (including phenoxy) is 2. The molecule has 6 nitrogen and oxygen atoms in total. The van der Waals surface area contributed by atoms with Crippen LogP contribution < -0.4 is 9.47 Å². The van der Waals surface area contributed by atoms with Crippen LogP contribution >= 0.6 is 0 Å². The van der Waals surface area contributed by atoms with E-state index in [0.717, 1.165) is 11.5 Å². The highest BCUT2D eigenvalue weighted by Crippen LogP contribution is 2.19. The first-order valence-corrected chi connectivity index (χ1v) is 5.46. The number of aromatic nitrogens is 4. The first-order chi connectivity index (χ1) is 8.38. The predicted octanol–water partition coefficient (Wildman–Crippen LogP) is 1.22. The normalized spacial score (nSPS) is 10.2. The minimum atomic E-state index is 0.509. The maximum Gasteiger partial charge on any atom is 0.177 e. The Morgan fingerprint density at radius 2 is 2.06 bits per heavy atom. The molecule has 17 heavy (non-hydrogen) atoms. The summed E-state index contributed by atoms with van der Waals surface area (Å²) >= 11 is 0. The zero-order valence-corrected chi connectivity index (χ0v) is 9.59. The van der Waals surface area contributed by atoms with Crippen LogP contribution in [0.3, 0.4) is 0 Å². The van der Waals surface area contributed by atoms with E-state index in [1.54, 1.807) is 0 Å². The number of nitrogens with one attached hydrogen (secondary N) is 1. The monoisotopic (exact) mass is 234 g/mol. The largest absolute Gasteiger partial charge is 0.494 e. The van der Waals surface area contributed by atoms with Crippen LogP contribution in [0.5, 0.6) is 11.5 Å². The SMILES string of the molecule is CCOc1cccc(OCCc2nn[nH]n2)c1. The van der Waals surface area contributed by atoms with Crippen LogP contribution in [0.25, 0.3) is 0 Å². The van der Waals surface area contributed by atoms with Gasteiger partial charge in [-0.15, -0.1) is 10.2 Å². The number of tetrazole rings is 1. The summed E-state index contributed by atoms with van der Waals surface area (Å²) in [5, 5.41) is 13.6. The molecule has 0 aliphatic carbocycles. The van der Waals surface area contributed by atoms with Gasteiger partial charge in [0.2, 0.25) is 0 Å². The number of hydrogen-bond donors (Lipinski definition) is 1. The zero-order valence-electron chi connectivity index (χ0n) is 9.59. The van der Waals surface area contributed by atoms with E-state index >= 15 is 0 Å². The van der Waals surface area contributed by atoms with Crippen LogP contribution in [0.1, 0.15) is 12.7 Å². The van der Waals surface area contributed by atoms with Crippen LogP contribution in [0.4, 0.5) is 0 Å². The molecule has 1 aromatic carbocycles. The maximum absolute atomic E-state index is 5.56. The fraction of sp³-hybridized carbons (Fsp3) is 0.364. The molecule has 0 radical (unpaired) electrons. The average Bonchev–Trinajstić information content (AvgIpc) is 2.83. The second-order valence-electron chi connectivity index (χ2n) is 3.33. The molecule has 0 amide bonds. The third-order valence-electron chi connectivity index (χ3n) is 2.10. The Bertz CT molecular complexity index is 444. The third kappa shape index (κ3) is 3.44. The lowest BCUT2D eigenvalue weighted by molar-refractivity contribution is 0.310. The summed E-state index contributed by atoms with van der Waals surface area (Å²) in [6, 6.07) is 7.54. The van der Waals surface area contributed by atoms with E-state index in [2.05, 4.69) is 20.6 Å². The summed E-state index contributed by atoms with van der Waals surface area (Å²) in [5.74, 6) is 2.23. The molecule has 0 unspecified atom stereocenters. The fourth-order valence-corrected chi connectivity index (χ4v) is 1.37. The van der Waals surface area contributed by atoms with Crippen molar-refractivity contribution in [2.75, 3.05) is 13.2 Å². The van der Waals surface area contributed by atoms with Gasteiger partial charge in [-0.25, -0.2) is 0 Å². The van der Waals surface area contributed by atoms with Crippen molar-refractivity contribution in [3.8, 4) is 11.5 Å².